The van der Waals surface area contributed by atoms with E-state index in [1.54, 1.807) is 21.8 Å². The molecular weight excluding hydrogens is 379 g/mol. The van der Waals surface area contributed by atoms with Gasteiger partial charge < -0.3 is 20.1 Å². The Labute approximate surface area is 166 Å². The number of ether oxygens (including phenoxy) is 1. The van der Waals surface area contributed by atoms with Gasteiger partial charge in [0.25, 0.3) is 5.88 Å². The van der Waals surface area contributed by atoms with E-state index in [1.165, 1.54) is 7.11 Å². The van der Waals surface area contributed by atoms with Crippen LogP contribution in [0.1, 0.15) is 12.8 Å². The van der Waals surface area contributed by atoms with E-state index >= 15 is 0 Å². The predicted molar refractivity (Wildman–Crippen MR) is 103 cm³/mol. The van der Waals surface area contributed by atoms with Crippen molar-refractivity contribution in [2.24, 2.45) is 0 Å². The van der Waals surface area contributed by atoms with Gasteiger partial charge in [-0.1, -0.05) is 6.07 Å². The number of carbonyl (C=O) groups excluding carboxylic acids is 1. The van der Waals surface area contributed by atoms with Gasteiger partial charge >= 0.3 is 0 Å². The van der Waals surface area contributed by atoms with E-state index in [4.69, 9.17) is 9.84 Å². The Morgan fingerprint density at radius 1 is 1.41 bits per heavy atom. The first kappa shape index (κ1) is 19.1. The molecule has 1 fully saturated rings. The zero-order valence-corrected chi connectivity index (χ0v) is 15.9. The van der Waals surface area contributed by atoms with Gasteiger partial charge in [-0.15, -0.1) is 0 Å². The lowest BCUT2D eigenvalue weighted by Crippen LogP contribution is -2.46. The number of carbonyl (C=O) groups is 1. The van der Waals surface area contributed by atoms with Gasteiger partial charge in [0.1, 0.15) is 6.61 Å². The van der Waals surface area contributed by atoms with Crippen LogP contribution in [0.5, 0.6) is 5.88 Å². The van der Waals surface area contributed by atoms with Crippen LogP contribution in [0.3, 0.4) is 0 Å². The number of piperidine rings is 1. The lowest BCUT2D eigenvalue weighted by Gasteiger charge is -2.33. The summed E-state index contributed by atoms with van der Waals surface area (Å²) in [5, 5.41) is 16.4. The number of anilines is 1. The van der Waals surface area contributed by atoms with E-state index in [1.807, 2.05) is 18.2 Å². The molecule has 4 rings (SSSR count). The second kappa shape index (κ2) is 8.00. The van der Waals surface area contributed by atoms with Crippen LogP contribution in [0.25, 0.3) is 16.9 Å². The minimum Gasteiger partial charge on any atom is -0.479 e. The molecular formula is C19H21FN6O3. The summed E-state index contributed by atoms with van der Waals surface area (Å²) in [6.07, 6.45) is 4.91. The SMILES string of the molecule is COc1nc(-c2cnn3ccccc23)nc(N[C@@H]2CCCN(C(=O)CO)C2)c1F. The minimum absolute atomic E-state index is 0.00503. The lowest BCUT2D eigenvalue weighted by molar-refractivity contribution is -0.135. The fourth-order valence-corrected chi connectivity index (χ4v) is 3.50. The molecule has 0 aliphatic carbocycles. The largest absolute Gasteiger partial charge is 0.479 e. The summed E-state index contributed by atoms with van der Waals surface area (Å²) in [6, 6.07) is 5.39. The average Bonchev–Trinajstić information content (AvgIpc) is 3.19. The molecule has 152 valence electrons. The number of halogens is 1. The highest BCUT2D eigenvalue weighted by molar-refractivity contribution is 5.77. The van der Waals surface area contributed by atoms with Gasteiger partial charge in [-0.3, -0.25) is 4.79 Å². The van der Waals surface area contributed by atoms with Crippen molar-refractivity contribution in [1.29, 1.82) is 0 Å². The molecule has 29 heavy (non-hydrogen) atoms. The van der Waals surface area contributed by atoms with Gasteiger partial charge in [0, 0.05) is 25.3 Å². The number of nitrogens with zero attached hydrogens (tertiary/aromatic N) is 5. The summed E-state index contributed by atoms with van der Waals surface area (Å²) >= 11 is 0. The first-order valence-electron chi connectivity index (χ1n) is 9.30. The lowest BCUT2D eigenvalue weighted by atomic mass is 10.1. The van der Waals surface area contributed by atoms with Crippen molar-refractivity contribution in [3.8, 4) is 17.3 Å². The van der Waals surface area contributed by atoms with E-state index in [0.29, 0.717) is 18.7 Å². The maximum Gasteiger partial charge on any atom is 0.256 e. The standard InChI is InChI=1S/C19H21FN6O3/c1-29-19-16(20)18(22-12-5-4-7-25(10-12)15(28)11-27)23-17(24-19)13-9-21-26-8-3-2-6-14(13)26/h2-3,6,8-9,12,27H,4-5,7,10-11H2,1H3,(H,22,23,24)/t12-/m1/s1. The number of pyridine rings is 1. The van der Waals surface area contributed by atoms with Gasteiger partial charge in [-0.25, -0.2) is 9.50 Å². The number of amides is 1. The quantitative estimate of drug-likeness (QED) is 0.666. The molecule has 0 spiro atoms. The van der Waals surface area contributed by atoms with Crippen LogP contribution in [0, 0.1) is 5.82 Å². The normalized spacial score (nSPS) is 16.8. The van der Waals surface area contributed by atoms with Crippen molar-refractivity contribution in [1.82, 2.24) is 24.5 Å². The van der Waals surface area contributed by atoms with Gasteiger partial charge in [0.05, 0.1) is 24.4 Å². The summed E-state index contributed by atoms with van der Waals surface area (Å²) in [5.74, 6) is -0.925. The molecule has 1 atom stereocenters. The van der Waals surface area contributed by atoms with Crippen LogP contribution >= 0.6 is 0 Å². The Hall–Kier alpha value is -3.27. The minimum atomic E-state index is -0.696. The molecule has 0 radical (unpaired) electrons. The van der Waals surface area contributed by atoms with Gasteiger partial charge in [-0.05, 0) is 25.0 Å². The number of aliphatic hydroxyl groups excluding tert-OH is 1. The number of rotatable bonds is 5. The Morgan fingerprint density at radius 3 is 3.07 bits per heavy atom. The smallest absolute Gasteiger partial charge is 0.256 e. The maximum atomic E-state index is 14.8. The number of likely N-dealkylation sites (tertiary alicyclic amines) is 1. The predicted octanol–water partition coefficient (Wildman–Crippen LogP) is 1.33. The maximum absolute atomic E-state index is 14.8. The highest BCUT2D eigenvalue weighted by Crippen LogP contribution is 2.29. The van der Waals surface area contributed by atoms with Crippen LogP contribution in [0.2, 0.25) is 0 Å². The third kappa shape index (κ3) is 3.70. The topological polar surface area (TPSA) is 105 Å². The number of fused-ring (bicyclic) bond motifs is 1. The molecule has 4 heterocycles. The van der Waals surface area contributed by atoms with Crippen molar-refractivity contribution >= 4 is 17.2 Å². The summed E-state index contributed by atoms with van der Waals surface area (Å²) in [6.45, 7) is 0.388. The van der Waals surface area contributed by atoms with Gasteiger partial charge in [0.15, 0.2) is 11.6 Å². The number of hydrogen-bond donors (Lipinski definition) is 2. The first-order chi connectivity index (χ1) is 14.1. The third-order valence-electron chi connectivity index (χ3n) is 4.93. The van der Waals surface area contributed by atoms with Crippen LogP contribution in [-0.2, 0) is 4.79 Å². The Morgan fingerprint density at radius 2 is 2.28 bits per heavy atom. The molecule has 1 amide bonds. The highest BCUT2D eigenvalue weighted by Gasteiger charge is 2.26. The van der Waals surface area contributed by atoms with E-state index in [2.05, 4.69) is 20.4 Å². The van der Waals surface area contributed by atoms with Crippen molar-refractivity contribution in [2.75, 3.05) is 32.1 Å². The number of hydrogen-bond acceptors (Lipinski definition) is 7. The molecule has 0 bridgehead atoms. The summed E-state index contributed by atoms with van der Waals surface area (Å²) in [7, 11) is 1.34. The molecule has 0 saturated carbocycles. The van der Waals surface area contributed by atoms with E-state index in [9.17, 15) is 9.18 Å². The van der Waals surface area contributed by atoms with Crippen molar-refractivity contribution in [3.05, 3.63) is 36.4 Å². The van der Waals surface area contributed by atoms with Crippen LogP contribution < -0.4 is 10.1 Å². The zero-order valence-electron chi connectivity index (χ0n) is 15.9. The van der Waals surface area contributed by atoms with Gasteiger partial charge in [0.2, 0.25) is 11.7 Å². The van der Waals surface area contributed by atoms with Crippen LogP contribution in [0.4, 0.5) is 10.2 Å². The molecule has 0 aromatic carbocycles. The number of aromatic nitrogens is 4. The molecule has 1 saturated heterocycles. The fraction of sp³-hybridized carbons (Fsp3) is 0.368. The molecule has 0 unspecified atom stereocenters. The van der Waals surface area contributed by atoms with Crippen molar-refractivity contribution < 1.29 is 19.0 Å². The van der Waals surface area contributed by atoms with Crippen LogP contribution in [0.15, 0.2) is 30.6 Å². The molecule has 2 N–H and O–H groups in total. The molecule has 3 aromatic heterocycles. The Kier molecular flexibility index (Phi) is 5.26. The number of nitrogens with one attached hydrogen (secondary N) is 1. The zero-order chi connectivity index (χ0) is 20.4. The van der Waals surface area contributed by atoms with E-state index in [-0.39, 0.29) is 29.5 Å². The summed E-state index contributed by atoms with van der Waals surface area (Å²) in [5.41, 5.74) is 1.43. The number of methoxy groups -OCH3 is 1. The third-order valence-corrected chi connectivity index (χ3v) is 4.93. The molecule has 10 heteroatoms. The summed E-state index contributed by atoms with van der Waals surface area (Å²) in [4.78, 5) is 21.9. The highest BCUT2D eigenvalue weighted by atomic mass is 19.1. The second-order valence-electron chi connectivity index (χ2n) is 6.79. The van der Waals surface area contributed by atoms with E-state index in [0.717, 1.165) is 18.4 Å². The molecule has 3 aromatic rings. The second-order valence-corrected chi connectivity index (χ2v) is 6.79. The molecule has 9 nitrogen and oxygen atoms in total. The van der Waals surface area contributed by atoms with Crippen molar-refractivity contribution in [3.63, 3.8) is 0 Å². The fourth-order valence-electron chi connectivity index (χ4n) is 3.50. The molecule has 1 aliphatic rings. The monoisotopic (exact) mass is 400 g/mol. The van der Waals surface area contributed by atoms with E-state index < -0.39 is 12.4 Å². The Balaban J connectivity index is 1.67. The summed E-state index contributed by atoms with van der Waals surface area (Å²) < 4.78 is 21.6. The van der Waals surface area contributed by atoms with Gasteiger partial charge in [-0.2, -0.15) is 14.5 Å². The Bertz CT molecular complexity index is 1040. The number of aliphatic hydroxyl groups is 1. The molecule has 1 aliphatic heterocycles. The average molecular weight is 400 g/mol. The van der Waals surface area contributed by atoms with Crippen LogP contribution in [-0.4, -0.2) is 68.3 Å². The first-order valence-corrected chi connectivity index (χ1v) is 9.30. The van der Waals surface area contributed by atoms with Crippen molar-refractivity contribution in [2.45, 2.75) is 18.9 Å².